The van der Waals surface area contributed by atoms with Gasteiger partial charge in [-0.1, -0.05) is 30.3 Å². The van der Waals surface area contributed by atoms with Gasteiger partial charge in [-0.3, -0.25) is 0 Å². The molecule has 1 aromatic carbocycles. The van der Waals surface area contributed by atoms with Crippen molar-refractivity contribution in [2.45, 2.75) is 6.10 Å². The summed E-state index contributed by atoms with van der Waals surface area (Å²) in [5, 5.41) is 10.4. The van der Waals surface area contributed by atoms with Crippen molar-refractivity contribution in [3.05, 3.63) is 41.3 Å². The first kappa shape index (κ1) is 14.8. The van der Waals surface area contributed by atoms with Crippen LogP contribution >= 0.6 is 0 Å². The molecule has 0 radical (unpaired) electrons. The van der Waals surface area contributed by atoms with Gasteiger partial charge in [0.2, 0.25) is 10.0 Å². The molecule has 100 valence electrons. The molecule has 0 aliphatic carbocycles. The molecule has 1 atom stereocenters. The maximum absolute atomic E-state index is 11.6. The Bertz CT molecular complexity index is 470. The van der Waals surface area contributed by atoms with E-state index < -0.39 is 16.1 Å². The van der Waals surface area contributed by atoms with E-state index in [1.165, 1.54) is 13.2 Å². The van der Waals surface area contributed by atoms with Gasteiger partial charge in [0.05, 0.1) is 12.7 Å². The van der Waals surface area contributed by atoms with E-state index in [0.717, 1.165) is 11.0 Å². The summed E-state index contributed by atoms with van der Waals surface area (Å²) in [5.74, 6) is 0. The summed E-state index contributed by atoms with van der Waals surface area (Å²) >= 11 is 0. The highest BCUT2D eigenvalue weighted by molar-refractivity contribution is 7.92. The molecule has 18 heavy (non-hydrogen) atoms. The van der Waals surface area contributed by atoms with Gasteiger partial charge in [0, 0.05) is 19.1 Å². The minimum atomic E-state index is -3.54. The van der Waals surface area contributed by atoms with Crippen LogP contribution in [0, 0.1) is 0 Å². The van der Waals surface area contributed by atoms with E-state index in [9.17, 15) is 13.5 Å². The zero-order valence-electron chi connectivity index (χ0n) is 10.1. The number of rotatable bonds is 7. The van der Waals surface area contributed by atoms with Crippen molar-refractivity contribution in [2.24, 2.45) is 0 Å². The van der Waals surface area contributed by atoms with Crippen molar-refractivity contribution < 1.29 is 18.3 Å². The standard InChI is InChI=1S/C12H17NO4S/c1-17-10-12(14)9-13-18(15,16)8-7-11-5-3-2-4-6-11/h2-8,12-14H,9-10H2,1H3. The molecule has 1 aromatic rings. The summed E-state index contributed by atoms with van der Waals surface area (Å²) in [5.41, 5.74) is 0.792. The van der Waals surface area contributed by atoms with E-state index in [2.05, 4.69) is 4.72 Å². The van der Waals surface area contributed by atoms with Crippen LogP contribution in [0.15, 0.2) is 35.7 Å². The first-order valence-electron chi connectivity index (χ1n) is 5.43. The third kappa shape index (κ3) is 5.92. The van der Waals surface area contributed by atoms with Gasteiger partial charge >= 0.3 is 0 Å². The Morgan fingerprint density at radius 3 is 2.67 bits per heavy atom. The van der Waals surface area contributed by atoms with Gasteiger partial charge in [-0.15, -0.1) is 0 Å². The summed E-state index contributed by atoms with van der Waals surface area (Å²) in [6, 6.07) is 9.09. The molecule has 0 saturated carbocycles. The van der Waals surface area contributed by atoms with Gasteiger partial charge in [0.15, 0.2) is 0 Å². The average molecular weight is 271 g/mol. The highest BCUT2D eigenvalue weighted by atomic mass is 32.2. The predicted molar refractivity (Wildman–Crippen MR) is 70.3 cm³/mol. The molecule has 0 bridgehead atoms. The fourth-order valence-corrected chi connectivity index (χ4v) is 2.10. The van der Waals surface area contributed by atoms with E-state index >= 15 is 0 Å². The third-order valence-corrected chi connectivity index (χ3v) is 3.18. The second-order valence-electron chi connectivity index (χ2n) is 3.72. The van der Waals surface area contributed by atoms with Crippen molar-refractivity contribution in [2.75, 3.05) is 20.3 Å². The van der Waals surface area contributed by atoms with Crippen molar-refractivity contribution >= 4 is 16.1 Å². The first-order chi connectivity index (χ1) is 8.53. The fraction of sp³-hybridized carbons (Fsp3) is 0.333. The lowest BCUT2D eigenvalue weighted by atomic mass is 10.2. The lowest BCUT2D eigenvalue weighted by Crippen LogP contribution is -2.33. The molecule has 0 fully saturated rings. The topological polar surface area (TPSA) is 75.6 Å². The Kier molecular flexibility index (Phi) is 6.00. The number of hydrogen-bond donors (Lipinski definition) is 2. The first-order valence-corrected chi connectivity index (χ1v) is 6.98. The minimum Gasteiger partial charge on any atom is -0.389 e. The molecule has 0 aliphatic heterocycles. The smallest absolute Gasteiger partial charge is 0.233 e. The highest BCUT2D eigenvalue weighted by Crippen LogP contribution is 2.02. The summed E-state index contributed by atoms with van der Waals surface area (Å²) in [4.78, 5) is 0. The lowest BCUT2D eigenvalue weighted by molar-refractivity contribution is 0.0680. The van der Waals surface area contributed by atoms with Crippen LogP contribution in [0.1, 0.15) is 5.56 Å². The Morgan fingerprint density at radius 1 is 1.39 bits per heavy atom. The number of aliphatic hydroxyl groups excluding tert-OH is 1. The Balaban J connectivity index is 2.52. The maximum Gasteiger partial charge on any atom is 0.233 e. The van der Waals surface area contributed by atoms with Crippen LogP contribution < -0.4 is 4.72 Å². The molecule has 2 N–H and O–H groups in total. The van der Waals surface area contributed by atoms with Crippen molar-refractivity contribution in [1.82, 2.24) is 4.72 Å². The molecule has 1 rings (SSSR count). The van der Waals surface area contributed by atoms with E-state index in [1.54, 1.807) is 12.1 Å². The van der Waals surface area contributed by atoms with Crippen molar-refractivity contribution in [3.63, 3.8) is 0 Å². The monoisotopic (exact) mass is 271 g/mol. The molecule has 0 aliphatic rings. The average Bonchev–Trinajstić information content (AvgIpc) is 2.36. The zero-order chi connectivity index (χ0) is 13.4. The van der Waals surface area contributed by atoms with Crippen molar-refractivity contribution in [1.29, 1.82) is 0 Å². The third-order valence-electron chi connectivity index (χ3n) is 2.12. The second kappa shape index (κ2) is 7.27. The Morgan fingerprint density at radius 2 is 2.06 bits per heavy atom. The van der Waals surface area contributed by atoms with Crippen LogP contribution in [0.4, 0.5) is 0 Å². The van der Waals surface area contributed by atoms with Gasteiger partial charge in [-0.25, -0.2) is 13.1 Å². The number of sulfonamides is 1. The van der Waals surface area contributed by atoms with Crippen molar-refractivity contribution in [3.8, 4) is 0 Å². The minimum absolute atomic E-state index is 0.0741. The summed E-state index contributed by atoms with van der Waals surface area (Å²) in [6.07, 6.45) is 0.639. The van der Waals surface area contributed by atoms with Gasteiger partial charge in [-0.2, -0.15) is 0 Å². The zero-order valence-corrected chi connectivity index (χ0v) is 10.9. The summed E-state index contributed by atoms with van der Waals surface area (Å²) in [7, 11) is -2.10. The molecule has 0 spiro atoms. The highest BCUT2D eigenvalue weighted by Gasteiger charge is 2.09. The SMILES string of the molecule is COCC(O)CNS(=O)(=O)C=Cc1ccccc1. The van der Waals surface area contributed by atoms with Crippen LogP contribution in [0.2, 0.25) is 0 Å². The molecule has 1 unspecified atom stereocenters. The van der Waals surface area contributed by atoms with Gasteiger partial charge in [0.25, 0.3) is 0 Å². The van der Waals surface area contributed by atoms with Crippen LogP contribution in [0.5, 0.6) is 0 Å². The molecular formula is C12H17NO4S. The van der Waals surface area contributed by atoms with Gasteiger partial charge < -0.3 is 9.84 Å². The van der Waals surface area contributed by atoms with Crippen LogP contribution in [0.3, 0.4) is 0 Å². The fourth-order valence-electron chi connectivity index (χ4n) is 1.24. The quantitative estimate of drug-likeness (QED) is 0.761. The molecular weight excluding hydrogens is 254 g/mol. The molecule has 5 nitrogen and oxygen atoms in total. The number of aliphatic hydroxyl groups is 1. The van der Waals surface area contributed by atoms with Crippen LogP contribution in [-0.2, 0) is 14.8 Å². The number of benzene rings is 1. The second-order valence-corrected chi connectivity index (χ2v) is 5.37. The lowest BCUT2D eigenvalue weighted by Gasteiger charge is -2.09. The molecule has 6 heteroatoms. The normalized spacial score (nSPS) is 13.9. The van der Waals surface area contributed by atoms with Gasteiger partial charge in [-0.05, 0) is 11.6 Å². The van der Waals surface area contributed by atoms with E-state index in [1.807, 2.05) is 18.2 Å². The van der Waals surface area contributed by atoms with Gasteiger partial charge in [0.1, 0.15) is 0 Å². The number of ether oxygens (including phenoxy) is 1. The summed E-state index contributed by atoms with van der Waals surface area (Å²) in [6.45, 7) is 0.0141. The molecule has 0 aromatic heterocycles. The largest absolute Gasteiger partial charge is 0.389 e. The van der Waals surface area contributed by atoms with E-state index in [-0.39, 0.29) is 13.2 Å². The maximum atomic E-state index is 11.6. The van der Waals surface area contributed by atoms with Crippen LogP contribution in [0.25, 0.3) is 6.08 Å². The molecule has 0 amide bonds. The Labute approximate surface area is 107 Å². The Hall–Kier alpha value is -1.21. The number of hydrogen-bond acceptors (Lipinski definition) is 4. The van der Waals surface area contributed by atoms with E-state index in [4.69, 9.17) is 4.74 Å². The van der Waals surface area contributed by atoms with Crippen LogP contribution in [-0.4, -0.2) is 39.9 Å². The summed E-state index contributed by atoms with van der Waals surface area (Å²) < 4.78 is 30.1. The molecule has 0 saturated heterocycles. The molecule has 0 heterocycles. The number of methoxy groups -OCH3 is 1. The number of nitrogens with one attached hydrogen (secondary N) is 1. The van der Waals surface area contributed by atoms with E-state index in [0.29, 0.717) is 0 Å². The predicted octanol–water partition coefficient (Wildman–Crippen LogP) is 0.584.